The van der Waals surface area contributed by atoms with Crippen molar-refractivity contribution in [3.63, 3.8) is 0 Å². The molecular formula is C7H12O3S. The van der Waals surface area contributed by atoms with Crippen molar-refractivity contribution in [2.75, 3.05) is 11.5 Å². The van der Waals surface area contributed by atoms with E-state index in [1.54, 1.807) is 17.8 Å². The Morgan fingerprint density at radius 3 is 2.82 bits per heavy atom. The summed E-state index contributed by atoms with van der Waals surface area (Å²) in [6.07, 6.45) is 0.832. The molecule has 0 saturated carbocycles. The summed E-state index contributed by atoms with van der Waals surface area (Å²) >= 11 is 1.56. The van der Waals surface area contributed by atoms with Gasteiger partial charge in [0.15, 0.2) is 6.10 Å². The van der Waals surface area contributed by atoms with Crippen LogP contribution in [0.4, 0.5) is 0 Å². The van der Waals surface area contributed by atoms with E-state index in [4.69, 9.17) is 10.2 Å². The molecule has 0 aromatic rings. The monoisotopic (exact) mass is 176 g/mol. The van der Waals surface area contributed by atoms with Gasteiger partial charge in [0.1, 0.15) is 0 Å². The zero-order valence-corrected chi connectivity index (χ0v) is 7.01. The van der Waals surface area contributed by atoms with Gasteiger partial charge in [0.2, 0.25) is 0 Å². The van der Waals surface area contributed by atoms with Gasteiger partial charge in [-0.1, -0.05) is 6.08 Å². The molecule has 2 N–H and O–H groups in total. The predicted octanol–water partition coefficient (Wildman–Crippen LogP) is 0.741. The fraction of sp³-hybridized carbons (Fsp3) is 0.571. The predicted molar refractivity (Wildman–Crippen MR) is 45.8 cm³/mol. The summed E-state index contributed by atoms with van der Waals surface area (Å²) < 4.78 is 0. The highest BCUT2D eigenvalue weighted by Gasteiger charge is 2.11. The number of aliphatic carboxylic acids is 1. The average Bonchev–Trinajstić information content (AvgIpc) is 1.97. The van der Waals surface area contributed by atoms with Gasteiger partial charge in [0.05, 0.1) is 0 Å². The Hall–Kier alpha value is -0.480. The third-order valence-corrected chi connectivity index (χ3v) is 2.05. The smallest absolute Gasteiger partial charge is 0.332 e. The second-order valence-electron chi connectivity index (χ2n) is 2.01. The maximum Gasteiger partial charge on any atom is 0.332 e. The van der Waals surface area contributed by atoms with Crippen molar-refractivity contribution < 1.29 is 15.0 Å². The van der Waals surface area contributed by atoms with Gasteiger partial charge >= 0.3 is 5.97 Å². The molecule has 11 heavy (non-hydrogen) atoms. The van der Waals surface area contributed by atoms with Crippen LogP contribution in [0.1, 0.15) is 6.42 Å². The molecule has 0 saturated heterocycles. The lowest BCUT2D eigenvalue weighted by Crippen LogP contribution is -2.19. The summed E-state index contributed by atoms with van der Waals surface area (Å²) in [5, 5.41) is 17.0. The van der Waals surface area contributed by atoms with Crippen molar-refractivity contribution in [3.05, 3.63) is 12.7 Å². The molecule has 0 amide bonds. The number of carbonyl (C=O) groups is 1. The van der Waals surface area contributed by atoms with Crippen LogP contribution in [0.3, 0.4) is 0 Å². The normalized spacial score (nSPS) is 12.5. The highest BCUT2D eigenvalue weighted by Crippen LogP contribution is 2.04. The Morgan fingerprint density at radius 2 is 2.36 bits per heavy atom. The molecule has 0 aromatic heterocycles. The second kappa shape index (κ2) is 6.24. The van der Waals surface area contributed by atoms with Gasteiger partial charge in [-0.25, -0.2) is 4.79 Å². The molecule has 0 aliphatic carbocycles. The van der Waals surface area contributed by atoms with Crippen LogP contribution in [0.2, 0.25) is 0 Å². The number of carboxylic acids is 1. The summed E-state index contributed by atoms with van der Waals surface area (Å²) in [6, 6.07) is 0. The van der Waals surface area contributed by atoms with Gasteiger partial charge in [0, 0.05) is 5.75 Å². The molecule has 1 unspecified atom stereocenters. The van der Waals surface area contributed by atoms with Crippen LogP contribution in [-0.4, -0.2) is 33.8 Å². The molecule has 0 heterocycles. The average molecular weight is 176 g/mol. The molecule has 0 aromatic carbocycles. The Morgan fingerprint density at radius 1 is 1.73 bits per heavy atom. The van der Waals surface area contributed by atoms with Crippen LogP contribution in [0.15, 0.2) is 12.7 Å². The standard InChI is InChI=1S/C7H12O3S/c1-2-4-11-5-3-6(8)7(9)10/h2,6,8H,1,3-5H2,(H,9,10). The van der Waals surface area contributed by atoms with Gasteiger partial charge in [-0.05, 0) is 12.2 Å². The van der Waals surface area contributed by atoms with Gasteiger partial charge < -0.3 is 10.2 Å². The third-order valence-electron chi connectivity index (χ3n) is 1.06. The molecule has 3 nitrogen and oxygen atoms in total. The highest BCUT2D eigenvalue weighted by atomic mass is 32.2. The topological polar surface area (TPSA) is 57.5 Å². The van der Waals surface area contributed by atoms with Crippen LogP contribution in [0.25, 0.3) is 0 Å². The fourth-order valence-corrected chi connectivity index (χ4v) is 1.21. The number of aliphatic hydroxyl groups excluding tert-OH is 1. The Balaban J connectivity index is 3.24. The van der Waals surface area contributed by atoms with Crippen LogP contribution in [0, 0.1) is 0 Å². The van der Waals surface area contributed by atoms with E-state index in [2.05, 4.69) is 6.58 Å². The van der Waals surface area contributed by atoms with E-state index in [1.807, 2.05) is 0 Å². The van der Waals surface area contributed by atoms with Crippen molar-refractivity contribution in [2.45, 2.75) is 12.5 Å². The van der Waals surface area contributed by atoms with Crippen molar-refractivity contribution >= 4 is 17.7 Å². The third kappa shape index (κ3) is 5.94. The van der Waals surface area contributed by atoms with Gasteiger partial charge in [-0.3, -0.25) is 0 Å². The molecule has 4 heteroatoms. The second-order valence-corrected chi connectivity index (χ2v) is 3.16. The van der Waals surface area contributed by atoms with E-state index in [-0.39, 0.29) is 0 Å². The van der Waals surface area contributed by atoms with E-state index in [0.29, 0.717) is 12.2 Å². The lowest BCUT2D eigenvalue weighted by Gasteiger charge is -2.02. The molecule has 0 fully saturated rings. The first-order chi connectivity index (χ1) is 5.18. The summed E-state index contributed by atoms with van der Waals surface area (Å²) in [5.41, 5.74) is 0. The summed E-state index contributed by atoms with van der Waals surface area (Å²) in [5.74, 6) is 0.301. The number of carboxylic acid groups (broad SMARTS) is 1. The molecule has 0 aliphatic rings. The zero-order chi connectivity index (χ0) is 8.69. The maximum absolute atomic E-state index is 10.1. The number of rotatable bonds is 6. The minimum Gasteiger partial charge on any atom is -0.479 e. The van der Waals surface area contributed by atoms with Crippen molar-refractivity contribution in [1.29, 1.82) is 0 Å². The number of hydrogen-bond acceptors (Lipinski definition) is 3. The molecular weight excluding hydrogens is 164 g/mol. The Kier molecular flexibility index (Phi) is 5.97. The minimum absolute atomic E-state index is 0.299. The number of aliphatic hydroxyl groups is 1. The van der Waals surface area contributed by atoms with Crippen molar-refractivity contribution in [2.24, 2.45) is 0 Å². The Bertz CT molecular complexity index is 136. The number of hydrogen-bond donors (Lipinski definition) is 2. The SMILES string of the molecule is C=CCSCCC(O)C(=O)O. The first-order valence-electron chi connectivity index (χ1n) is 3.28. The summed E-state index contributed by atoms with van der Waals surface area (Å²) in [4.78, 5) is 10.1. The molecule has 0 rings (SSSR count). The summed E-state index contributed by atoms with van der Waals surface area (Å²) in [7, 11) is 0. The van der Waals surface area contributed by atoms with Gasteiger partial charge in [0.25, 0.3) is 0 Å². The molecule has 1 atom stereocenters. The maximum atomic E-state index is 10.1. The van der Waals surface area contributed by atoms with E-state index in [9.17, 15) is 4.79 Å². The van der Waals surface area contributed by atoms with Crippen molar-refractivity contribution in [1.82, 2.24) is 0 Å². The largest absolute Gasteiger partial charge is 0.479 e. The minimum atomic E-state index is -1.22. The van der Waals surface area contributed by atoms with Crippen LogP contribution in [-0.2, 0) is 4.79 Å². The van der Waals surface area contributed by atoms with Crippen LogP contribution < -0.4 is 0 Å². The molecule has 0 aliphatic heterocycles. The zero-order valence-electron chi connectivity index (χ0n) is 6.19. The lowest BCUT2D eigenvalue weighted by molar-refractivity contribution is -0.146. The Labute approximate surface area is 70.1 Å². The lowest BCUT2D eigenvalue weighted by atomic mass is 10.3. The van der Waals surface area contributed by atoms with Gasteiger partial charge in [-0.2, -0.15) is 11.8 Å². The first kappa shape index (κ1) is 10.5. The van der Waals surface area contributed by atoms with E-state index in [1.165, 1.54) is 0 Å². The van der Waals surface area contributed by atoms with Crippen LogP contribution >= 0.6 is 11.8 Å². The molecule has 64 valence electrons. The van der Waals surface area contributed by atoms with E-state index in [0.717, 1.165) is 5.75 Å². The molecule has 0 radical (unpaired) electrons. The highest BCUT2D eigenvalue weighted by molar-refractivity contribution is 7.99. The molecule has 0 spiro atoms. The molecule has 0 bridgehead atoms. The quantitative estimate of drug-likeness (QED) is 0.463. The number of thioether (sulfide) groups is 1. The first-order valence-corrected chi connectivity index (χ1v) is 4.43. The van der Waals surface area contributed by atoms with Crippen LogP contribution in [0.5, 0.6) is 0 Å². The summed E-state index contributed by atoms with van der Waals surface area (Å²) in [6.45, 7) is 3.51. The fourth-order valence-electron chi connectivity index (χ4n) is 0.485. The van der Waals surface area contributed by atoms with E-state index < -0.39 is 12.1 Å². The van der Waals surface area contributed by atoms with Gasteiger partial charge in [-0.15, -0.1) is 6.58 Å². The van der Waals surface area contributed by atoms with E-state index >= 15 is 0 Å². The van der Waals surface area contributed by atoms with Crippen molar-refractivity contribution in [3.8, 4) is 0 Å².